The first-order valence-corrected chi connectivity index (χ1v) is 10.9. The molecule has 26 heavy (non-hydrogen) atoms. The maximum absolute atomic E-state index is 12.6. The highest BCUT2D eigenvalue weighted by Crippen LogP contribution is 2.31. The molecule has 2 aromatic heterocycles. The molecule has 6 nitrogen and oxygen atoms in total. The van der Waals surface area contributed by atoms with Crippen molar-refractivity contribution in [1.82, 2.24) is 19.5 Å². The van der Waals surface area contributed by atoms with Gasteiger partial charge in [-0.3, -0.25) is 4.68 Å². The van der Waals surface area contributed by atoms with Crippen molar-refractivity contribution in [2.24, 2.45) is 0 Å². The van der Waals surface area contributed by atoms with Crippen LogP contribution in [0.25, 0.3) is 0 Å². The maximum Gasteiger partial charge on any atom is 0.268 e. The monoisotopic (exact) mass is 388 g/mol. The van der Waals surface area contributed by atoms with Gasteiger partial charge in [0.25, 0.3) is 10.0 Å². The second kappa shape index (κ2) is 6.94. The van der Waals surface area contributed by atoms with Crippen LogP contribution in [0.4, 0.5) is 0 Å². The first kappa shape index (κ1) is 17.4. The summed E-state index contributed by atoms with van der Waals surface area (Å²) in [6.07, 6.45) is 4.42. The van der Waals surface area contributed by atoms with Crippen molar-refractivity contribution in [2.75, 3.05) is 0 Å². The van der Waals surface area contributed by atoms with Gasteiger partial charge in [-0.25, -0.2) is 18.1 Å². The molecule has 0 bridgehead atoms. The van der Waals surface area contributed by atoms with Crippen LogP contribution in [0.3, 0.4) is 0 Å². The number of thiazole rings is 1. The second-order valence-electron chi connectivity index (χ2n) is 6.51. The van der Waals surface area contributed by atoms with E-state index in [0.717, 1.165) is 47.6 Å². The lowest BCUT2D eigenvalue weighted by atomic mass is 9.94. The number of benzene rings is 1. The van der Waals surface area contributed by atoms with Crippen molar-refractivity contribution in [3.63, 3.8) is 0 Å². The SMILES string of the molecule is Cc1csc(S(=O)(=O)NC2CCCc3c2cnn3Cc2ccccc2)n1. The molecule has 4 rings (SSSR count). The number of aromatic nitrogens is 3. The van der Waals surface area contributed by atoms with Gasteiger partial charge < -0.3 is 0 Å². The zero-order valence-electron chi connectivity index (χ0n) is 14.4. The number of nitrogens with one attached hydrogen (secondary N) is 1. The molecule has 8 heteroatoms. The summed E-state index contributed by atoms with van der Waals surface area (Å²) in [6.45, 7) is 2.49. The molecule has 2 heterocycles. The Labute approximate surface area is 157 Å². The minimum Gasteiger partial charge on any atom is -0.265 e. The number of nitrogens with zero attached hydrogens (tertiary/aromatic N) is 3. The maximum atomic E-state index is 12.6. The Kier molecular flexibility index (Phi) is 4.64. The Bertz CT molecular complexity index is 1010. The van der Waals surface area contributed by atoms with E-state index in [4.69, 9.17) is 0 Å². The van der Waals surface area contributed by atoms with Crippen molar-refractivity contribution < 1.29 is 8.42 Å². The molecule has 3 aromatic rings. The number of fused-ring (bicyclic) bond motifs is 1. The summed E-state index contributed by atoms with van der Waals surface area (Å²) < 4.78 is 30.2. The van der Waals surface area contributed by atoms with Crippen LogP contribution in [0.15, 0.2) is 46.2 Å². The minimum atomic E-state index is -3.61. The molecule has 0 aliphatic heterocycles. The molecule has 0 saturated carbocycles. The Balaban J connectivity index is 1.58. The average molecular weight is 389 g/mol. The van der Waals surface area contributed by atoms with E-state index in [-0.39, 0.29) is 10.4 Å². The van der Waals surface area contributed by atoms with Crippen LogP contribution in [-0.2, 0) is 23.0 Å². The fourth-order valence-corrected chi connectivity index (χ4v) is 5.63. The van der Waals surface area contributed by atoms with E-state index < -0.39 is 10.0 Å². The quantitative estimate of drug-likeness (QED) is 0.729. The zero-order chi connectivity index (χ0) is 18.1. The Morgan fingerprint density at radius 3 is 2.85 bits per heavy atom. The predicted molar refractivity (Wildman–Crippen MR) is 101 cm³/mol. The van der Waals surface area contributed by atoms with Crippen LogP contribution in [-0.4, -0.2) is 23.2 Å². The molecule has 1 N–H and O–H groups in total. The van der Waals surface area contributed by atoms with E-state index in [9.17, 15) is 8.42 Å². The second-order valence-corrected chi connectivity index (χ2v) is 9.26. The van der Waals surface area contributed by atoms with E-state index in [2.05, 4.69) is 26.9 Å². The number of aryl methyl sites for hydroxylation is 1. The molecule has 0 fully saturated rings. The fraction of sp³-hybridized carbons (Fsp3) is 0.333. The lowest BCUT2D eigenvalue weighted by Crippen LogP contribution is -2.31. The summed E-state index contributed by atoms with van der Waals surface area (Å²) in [7, 11) is -3.61. The molecular formula is C18H20N4O2S2. The van der Waals surface area contributed by atoms with E-state index in [0.29, 0.717) is 6.54 Å². The van der Waals surface area contributed by atoms with Crippen molar-refractivity contribution in [3.05, 3.63) is 64.4 Å². The van der Waals surface area contributed by atoms with Crippen LogP contribution in [0.5, 0.6) is 0 Å². The van der Waals surface area contributed by atoms with Gasteiger partial charge in [-0.1, -0.05) is 30.3 Å². The van der Waals surface area contributed by atoms with Gasteiger partial charge in [0.15, 0.2) is 0 Å². The molecule has 0 radical (unpaired) electrons. The molecule has 136 valence electrons. The molecule has 1 aliphatic rings. The standard InChI is InChI=1S/C18H20N4O2S2/c1-13-12-25-18(20-13)26(23,24)21-16-8-5-9-17-15(16)10-19-22(17)11-14-6-3-2-4-7-14/h2-4,6-7,10,12,16,21H,5,8-9,11H2,1H3. The first-order valence-electron chi connectivity index (χ1n) is 8.56. The smallest absolute Gasteiger partial charge is 0.265 e. The van der Waals surface area contributed by atoms with Crippen LogP contribution in [0.1, 0.15) is 41.4 Å². The van der Waals surface area contributed by atoms with Crippen LogP contribution in [0, 0.1) is 6.92 Å². The molecular weight excluding hydrogens is 368 g/mol. The Morgan fingerprint density at radius 2 is 2.12 bits per heavy atom. The van der Waals surface area contributed by atoms with Gasteiger partial charge in [-0.2, -0.15) is 5.10 Å². The molecule has 0 spiro atoms. The van der Waals surface area contributed by atoms with E-state index in [1.807, 2.05) is 22.9 Å². The molecule has 1 aromatic carbocycles. The van der Waals surface area contributed by atoms with E-state index in [1.165, 1.54) is 5.56 Å². The van der Waals surface area contributed by atoms with Gasteiger partial charge in [-0.15, -0.1) is 11.3 Å². The van der Waals surface area contributed by atoms with Crippen molar-refractivity contribution in [2.45, 2.75) is 43.1 Å². The third-order valence-corrected chi connectivity index (χ3v) is 7.41. The zero-order valence-corrected chi connectivity index (χ0v) is 16.1. The van der Waals surface area contributed by atoms with Crippen molar-refractivity contribution in [3.8, 4) is 0 Å². The molecule has 0 saturated heterocycles. The highest BCUT2D eigenvalue weighted by Gasteiger charge is 2.29. The fourth-order valence-electron chi connectivity index (χ4n) is 3.33. The predicted octanol–water partition coefficient (Wildman–Crippen LogP) is 3.05. The summed E-state index contributed by atoms with van der Waals surface area (Å²) in [5, 5.41) is 6.27. The number of rotatable bonds is 5. The average Bonchev–Trinajstić information content (AvgIpc) is 3.24. The van der Waals surface area contributed by atoms with Gasteiger partial charge in [0.1, 0.15) is 0 Å². The van der Waals surface area contributed by atoms with Crippen LogP contribution in [0.2, 0.25) is 0 Å². The number of sulfonamides is 1. The van der Waals surface area contributed by atoms with E-state index >= 15 is 0 Å². The van der Waals surface area contributed by atoms with Crippen LogP contribution >= 0.6 is 11.3 Å². The summed E-state index contributed by atoms with van der Waals surface area (Å²) in [4.78, 5) is 4.11. The molecule has 1 atom stereocenters. The number of hydrogen-bond donors (Lipinski definition) is 1. The van der Waals surface area contributed by atoms with Gasteiger partial charge in [0.05, 0.1) is 18.8 Å². The summed E-state index contributed by atoms with van der Waals surface area (Å²) in [5.41, 5.74) is 3.99. The third kappa shape index (κ3) is 3.44. The van der Waals surface area contributed by atoms with Crippen molar-refractivity contribution in [1.29, 1.82) is 0 Å². The van der Waals surface area contributed by atoms with Crippen LogP contribution < -0.4 is 4.72 Å². The van der Waals surface area contributed by atoms with Gasteiger partial charge in [0, 0.05) is 22.3 Å². The summed E-state index contributed by atoms with van der Waals surface area (Å²) in [6, 6.07) is 9.91. The van der Waals surface area contributed by atoms with Gasteiger partial charge in [-0.05, 0) is 31.7 Å². The molecule has 1 unspecified atom stereocenters. The molecule has 0 amide bonds. The molecule has 1 aliphatic carbocycles. The van der Waals surface area contributed by atoms with Crippen molar-refractivity contribution >= 4 is 21.4 Å². The first-order chi connectivity index (χ1) is 12.5. The van der Waals surface area contributed by atoms with E-state index in [1.54, 1.807) is 18.5 Å². The Hall–Kier alpha value is -2.03. The summed E-state index contributed by atoms with van der Waals surface area (Å²) >= 11 is 1.15. The Morgan fingerprint density at radius 1 is 1.31 bits per heavy atom. The number of hydrogen-bond acceptors (Lipinski definition) is 5. The third-order valence-electron chi connectivity index (χ3n) is 4.56. The van der Waals surface area contributed by atoms with Gasteiger partial charge in [0.2, 0.25) is 4.34 Å². The topological polar surface area (TPSA) is 76.9 Å². The highest BCUT2D eigenvalue weighted by atomic mass is 32.2. The normalized spacial score (nSPS) is 17.2. The lowest BCUT2D eigenvalue weighted by Gasteiger charge is -2.23. The highest BCUT2D eigenvalue weighted by molar-refractivity contribution is 7.91. The summed E-state index contributed by atoms with van der Waals surface area (Å²) in [5.74, 6) is 0. The lowest BCUT2D eigenvalue weighted by molar-refractivity contribution is 0.493. The largest absolute Gasteiger partial charge is 0.268 e. The minimum absolute atomic E-state index is 0.124. The van der Waals surface area contributed by atoms with Gasteiger partial charge >= 0.3 is 0 Å².